The third kappa shape index (κ3) is 4.94. The molecule has 0 aromatic heterocycles. The van der Waals surface area contributed by atoms with E-state index in [1.807, 2.05) is 0 Å². The van der Waals surface area contributed by atoms with Crippen LogP contribution in [0, 0.1) is 5.82 Å². The fourth-order valence-corrected chi connectivity index (χ4v) is 1.70. The van der Waals surface area contributed by atoms with E-state index in [1.54, 1.807) is 0 Å². The van der Waals surface area contributed by atoms with Gasteiger partial charge in [0.1, 0.15) is 5.82 Å². The van der Waals surface area contributed by atoms with E-state index in [2.05, 4.69) is 0 Å². The first-order valence-corrected chi connectivity index (χ1v) is 5.35. The maximum absolute atomic E-state index is 13.5. The number of halogens is 10. The molecule has 0 aliphatic heterocycles. The highest BCUT2D eigenvalue weighted by Crippen LogP contribution is 2.40. The van der Waals surface area contributed by atoms with E-state index in [0.29, 0.717) is 0 Å². The van der Waals surface area contributed by atoms with Crippen molar-refractivity contribution in [2.45, 2.75) is 31.2 Å². The van der Waals surface area contributed by atoms with Crippen LogP contribution in [0.5, 0.6) is 0 Å². The highest BCUT2D eigenvalue weighted by molar-refractivity contribution is 5.85. The van der Waals surface area contributed by atoms with Crippen molar-refractivity contribution in [2.75, 3.05) is 0 Å². The minimum absolute atomic E-state index is 0. The summed E-state index contributed by atoms with van der Waals surface area (Å²) in [5.74, 6) is -1.93. The molecule has 128 valence electrons. The predicted octanol–water partition coefficient (Wildman–Crippen LogP) is 4.94. The van der Waals surface area contributed by atoms with Gasteiger partial charge in [-0.25, -0.2) is 13.2 Å². The second-order valence-electron chi connectivity index (χ2n) is 4.15. The molecule has 22 heavy (non-hydrogen) atoms. The van der Waals surface area contributed by atoms with Gasteiger partial charge in [-0.2, -0.15) is 26.3 Å². The van der Waals surface area contributed by atoms with E-state index >= 15 is 0 Å². The van der Waals surface area contributed by atoms with Crippen molar-refractivity contribution in [3.63, 3.8) is 0 Å². The molecule has 0 amide bonds. The summed E-state index contributed by atoms with van der Waals surface area (Å²) in [5, 5.41) is 0. The van der Waals surface area contributed by atoms with Crippen LogP contribution >= 0.6 is 12.4 Å². The van der Waals surface area contributed by atoms with Crippen molar-refractivity contribution in [3.8, 4) is 0 Å². The van der Waals surface area contributed by atoms with Gasteiger partial charge in [0.15, 0.2) is 0 Å². The fourth-order valence-electron chi connectivity index (χ4n) is 1.70. The Morgan fingerprint density at radius 3 is 1.82 bits per heavy atom. The third-order valence-electron chi connectivity index (χ3n) is 2.57. The maximum atomic E-state index is 13.5. The number of nitrogens with two attached hydrogens (primary N) is 1. The molecule has 0 bridgehead atoms. The molecule has 0 radical (unpaired) electrons. The summed E-state index contributed by atoms with van der Waals surface area (Å²) in [6, 6.07) is -2.62. The molecule has 0 unspecified atom stereocenters. The van der Waals surface area contributed by atoms with Crippen LogP contribution in [-0.4, -0.2) is 6.43 Å². The molecule has 0 spiro atoms. The van der Waals surface area contributed by atoms with Gasteiger partial charge in [-0.05, 0) is 12.1 Å². The van der Waals surface area contributed by atoms with Crippen molar-refractivity contribution in [2.24, 2.45) is 5.73 Å². The Balaban J connectivity index is 0.00000441. The van der Waals surface area contributed by atoms with Gasteiger partial charge in [0, 0.05) is 18.0 Å². The minimum Gasteiger partial charge on any atom is -0.324 e. The number of hydrogen-bond donors (Lipinski definition) is 1. The number of alkyl halides is 8. The molecule has 0 saturated carbocycles. The van der Waals surface area contributed by atoms with Gasteiger partial charge in [0.25, 0.3) is 0 Å². The summed E-state index contributed by atoms with van der Waals surface area (Å²) in [7, 11) is 0. The Labute approximate surface area is 124 Å². The van der Waals surface area contributed by atoms with Crippen LogP contribution < -0.4 is 5.73 Å². The summed E-state index contributed by atoms with van der Waals surface area (Å²) in [4.78, 5) is 0. The van der Waals surface area contributed by atoms with Crippen molar-refractivity contribution in [1.82, 2.24) is 0 Å². The second-order valence-corrected chi connectivity index (χ2v) is 4.15. The molecule has 0 saturated heterocycles. The van der Waals surface area contributed by atoms with E-state index in [4.69, 9.17) is 5.73 Å². The highest BCUT2D eigenvalue weighted by atomic mass is 35.5. The lowest BCUT2D eigenvalue weighted by Gasteiger charge is -2.20. The Kier molecular flexibility index (Phi) is 6.58. The highest BCUT2D eigenvalue weighted by Gasteiger charge is 2.41. The minimum atomic E-state index is -5.36. The van der Waals surface area contributed by atoms with Gasteiger partial charge in [-0.15, -0.1) is 12.4 Å². The molecule has 0 fully saturated rings. The normalized spacial score (nSPS) is 14.0. The van der Waals surface area contributed by atoms with Crippen molar-refractivity contribution < 1.29 is 39.5 Å². The molecule has 1 nitrogen and oxygen atoms in total. The molecule has 1 rings (SSSR count). The summed E-state index contributed by atoms with van der Waals surface area (Å²) in [6.07, 6.45) is -15.0. The molecule has 1 aromatic rings. The zero-order chi connectivity index (χ0) is 16.6. The van der Waals surface area contributed by atoms with Gasteiger partial charge >= 0.3 is 12.4 Å². The monoisotopic (exact) mass is 361 g/mol. The zero-order valence-electron chi connectivity index (χ0n) is 10.4. The van der Waals surface area contributed by atoms with E-state index in [-0.39, 0.29) is 24.5 Å². The molecule has 2 N–H and O–H groups in total. The summed E-state index contributed by atoms with van der Waals surface area (Å²) >= 11 is 0. The summed E-state index contributed by atoms with van der Waals surface area (Å²) < 4.78 is 113. The van der Waals surface area contributed by atoms with E-state index in [1.165, 1.54) is 0 Å². The van der Waals surface area contributed by atoms with Crippen molar-refractivity contribution >= 4 is 12.4 Å². The molecule has 0 heterocycles. The first kappa shape index (κ1) is 20.8. The number of hydrogen-bond acceptors (Lipinski definition) is 1. The second kappa shape index (κ2) is 6.95. The number of rotatable bonds is 3. The Morgan fingerprint density at radius 1 is 0.955 bits per heavy atom. The first-order valence-electron chi connectivity index (χ1n) is 5.35. The van der Waals surface area contributed by atoms with Crippen LogP contribution in [0.25, 0.3) is 0 Å². The van der Waals surface area contributed by atoms with Crippen molar-refractivity contribution in [3.05, 3.63) is 34.6 Å². The van der Waals surface area contributed by atoms with Crippen LogP contribution in [0.3, 0.4) is 0 Å². The van der Waals surface area contributed by atoms with Gasteiger partial charge in [-0.3, -0.25) is 0 Å². The molecular formula is C11H9ClF9N. The van der Waals surface area contributed by atoms with Crippen LogP contribution in [0.4, 0.5) is 39.5 Å². The lowest BCUT2D eigenvalue weighted by Crippen LogP contribution is -2.22. The van der Waals surface area contributed by atoms with Gasteiger partial charge in [0.05, 0.1) is 11.1 Å². The standard InChI is InChI=1S/C11H8F9N.ClH/c12-6-2-4(10(15,16)17)1-5(11(18,19)20)9(6)7(21)3-8(13)14;/h1-2,7-8H,3,21H2;1H/t7-;/m0./s1. The lowest BCUT2D eigenvalue weighted by molar-refractivity contribution is -0.144. The van der Waals surface area contributed by atoms with Gasteiger partial charge in [-0.1, -0.05) is 0 Å². The Bertz CT molecular complexity index is 510. The SMILES string of the molecule is Cl.N[C@@H](CC(F)F)c1c(F)cc(C(F)(F)F)cc1C(F)(F)F. The largest absolute Gasteiger partial charge is 0.416 e. The molecule has 1 aromatic carbocycles. The van der Waals surface area contributed by atoms with Gasteiger partial charge in [0.2, 0.25) is 6.43 Å². The average molecular weight is 362 g/mol. The zero-order valence-corrected chi connectivity index (χ0v) is 11.2. The van der Waals surface area contributed by atoms with Crippen molar-refractivity contribution in [1.29, 1.82) is 0 Å². The lowest BCUT2D eigenvalue weighted by atomic mass is 9.95. The molecule has 0 aliphatic carbocycles. The summed E-state index contributed by atoms with van der Waals surface area (Å²) in [5.41, 5.74) is -0.240. The van der Waals surface area contributed by atoms with Gasteiger partial charge < -0.3 is 5.73 Å². The van der Waals surface area contributed by atoms with Crippen LogP contribution in [0.15, 0.2) is 12.1 Å². The first-order chi connectivity index (χ1) is 9.34. The summed E-state index contributed by atoms with van der Waals surface area (Å²) in [6.45, 7) is 0. The molecular weight excluding hydrogens is 353 g/mol. The van der Waals surface area contributed by atoms with E-state index < -0.39 is 53.7 Å². The molecule has 11 heteroatoms. The average Bonchev–Trinajstić information content (AvgIpc) is 2.23. The topological polar surface area (TPSA) is 26.0 Å². The Hall–Kier alpha value is -1.16. The Morgan fingerprint density at radius 2 is 1.45 bits per heavy atom. The smallest absolute Gasteiger partial charge is 0.324 e. The molecule has 1 atom stereocenters. The maximum Gasteiger partial charge on any atom is 0.416 e. The fraction of sp³-hybridized carbons (Fsp3) is 0.455. The van der Waals surface area contributed by atoms with Crippen LogP contribution in [-0.2, 0) is 12.4 Å². The molecule has 0 aliphatic rings. The quantitative estimate of drug-likeness (QED) is 0.758. The third-order valence-corrected chi connectivity index (χ3v) is 2.57. The van der Waals surface area contributed by atoms with Crippen LogP contribution in [0.2, 0.25) is 0 Å². The van der Waals surface area contributed by atoms with E-state index in [9.17, 15) is 39.5 Å². The predicted molar refractivity (Wildman–Crippen MR) is 61.2 cm³/mol. The number of benzene rings is 1. The van der Waals surface area contributed by atoms with Crippen LogP contribution in [0.1, 0.15) is 29.2 Å². The van der Waals surface area contributed by atoms with E-state index in [0.717, 1.165) is 0 Å².